The molecule has 114 valence electrons. The Kier molecular flexibility index (Phi) is 5.08. The van der Waals surface area contributed by atoms with E-state index in [1.54, 1.807) is 0 Å². The Morgan fingerprint density at radius 3 is 2.55 bits per heavy atom. The van der Waals surface area contributed by atoms with E-state index in [4.69, 9.17) is 4.98 Å². The number of aromatic nitrogens is 1. The van der Waals surface area contributed by atoms with Crippen molar-refractivity contribution in [2.45, 2.75) is 58.9 Å². The van der Waals surface area contributed by atoms with E-state index in [0.717, 1.165) is 25.6 Å². The van der Waals surface area contributed by atoms with Gasteiger partial charge in [0.2, 0.25) is 0 Å². The summed E-state index contributed by atoms with van der Waals surface area (Å²) in [5, 5.41) is 4.63. The van der Waals surface area contributed by atoms with Gasteiger partial charge in [0.25, 0.3) is 0 Å². The van der Waals surface area contributed by atoms with E-state index in [1.807, 2.05) is 11.3 Å². The summed E-state index contributed by atoms with van der Waals surface area (Å²) in [6, 6.07) is 0. The van der Waals surface area contributed by atoms with Crippen LogP contribution in [-0.2, 0) is 12.0 Å². The Morgan fingerprint density at radius 2 is 2.05 bits per heavy atom. The third kappa shape index (κ3) is 3.73. The number of anilines is 1. The van der Waals surface area contributed by atoms with Crippen LogP contribution in [0.25, 0.3) is 0 Å². The highest BCUT2D eigenvalue weighted by molar-refractivity contribution is 7.15. The van der Waals surface area contributed by atoms with Gasteiger partial charge in [0.1, 0.15) is 0 Å². The first-order valence-corrected chi connectivity index (χ1v) is 8.65. The quantitative estimate of drug-likeness (QED) is 0.865. The highest BCUT2D eigenvalue weighted by Gasteiger charge is 2.25. The maximum absolute atomic E-state index is 4.95. The molecule has 0 radical (unpaired) electrons. The number of thiazole rings is 1. The summed E-state index contributed by atoms with van der Waals surface area (Å²) in [6.45, 7) is 12.0. The van der Waals surface area contributed by atoms with Crippen molar-refractivity contribution in [2.24, 2.45) is 5.92 Å². The first-order chi connectivity index (χ1) is 9.41. The SMILES string of the molecule is CCNCc1sc(N(C)CC2CCC2)nc1C(C)(C)C. The molecule has 4 heteroatoms. The molecule has 1 fully saturated rings. The van der Waals surface area contributed by atoms with Crippen molar-refractivity contribution in [1.82, 2.24) is 10.3 Å². The van der Waals surface area contributed by atoms with Gasteiger partial charge >= 0.3 is 0 Å². The molecule has 1 aliphatic carbocycles. The monoisotopic (exact) mass is 295 g/mol. The fourth-order valence-corrected chi connectivity index (χ4v) is 3.80. The van der Waals surface area contributed by atoms with Crippen LogP contribution in [0.4, 0.5) is 5.13 Å². The molecule has 0 bridgehead atoms. The zero-order valence-electron chi connectivity index (χ0n) is 13.6. The fourth-order valence-electron chi connectivity index (χ4n) is 2.59. The minimum Gasteiger partial charge on any atom is -0.351 e. The molecule has 0 aromatic carbocycles. The summed E-state index contributed by atoms with van der Waals surface area (Å²) >= 11 is 1.86. The van der Waals surface area contributed by atoms with E-state index in [-0.39, 0.29) is 5.41 Å². The van der Waals surface area contributed by atoms with Crippen molar-refractivity contribution in [3.63, 3.8) is 0 Å². The van der Waals surface area contributed by atoms with Crippen LogP contribution < -0.4 is 10.2 Å². The van der Waals surface area contributed by atoms with E-state index < -0.39 is 0 Å². The summed E-state index contributed by atoms with van der Waals surface area (Å²) in [4.78, 5) is 8.71. The second-order valence-electron chi connectivity index (χ2n) is 6.98. The molecule has 0 unspecified atom stereocenters. The smallest absolute Gasteiger partial charge is 0.185 e. The van der Waals surface area contributed by atoms with Crippen LogP contribution in [0.2, 0.25) is 0 Å². The third-order valence-electron chi connectivity index (χ3n) is 4.02. The molecular formula is C16H29N3S. The van der Waals surface area contributed by atoms with Gasteiger partial charge in [-0.15, -0.1) is 11.3 Å². The van der Waals surface area contributed by atoms with Crippen LogP contribution in [0.5, 0.6) is 0 Å². The number of hydrogen-bond donors (Lipinski definition) is 1. The molecule has 1 aliphatic rings. The Hall–Kier alpha value is -0.610. The van der Waals surface area contributed by atoms with E-state index in [0.29, 0.717) is 0 Å². The van der Waals surface area contributed by atoms with Crippen molar-refractivity contribution in [1.29, 1.82) is 0 Å². The Morgan fingerprint density at radius 1 is 1.35 bits per heavy atom. The molecule has 3 nitrogen and oxygen atoms in total. The van der Waals surface area contributed by atoms with E-state index in [9.17, 15) is 0 Å². The third-order valence-corrected chi connectivity index (χ3v) is 5.18. The highest BCUT2D eigenvalue weighted by Crippen LogP contribution is 2.35. The van der Waals surface area contributed by atoms with Crippen molar-refractivity contribution >= 4 is 16.5 Å². The average molecular weight is 295 g/mol. The van der Waals surface area contributed by atoms with Crippen molar-refractivity contribution < 1.29 is 0 Å². The van der Waals surface area contributed by atoms with Gasteiger partial charge in [-0.3, -0.25) is 0 Å². The molecule has 1 N–H and O–H groups in total. The molecule has 1 aromatic rings. The van der Waals surface area contributed by atoms with Gasteiger partial charge in [-0.2, -0.15) is 0 Å². The second-order valence-corrected chi connectivity index (χ2v) is 8.04. The zero-order valence-corrected chi connectivity index (χ0v) is 14.4. The highest BCUT2D eigenvalue weighted by atomic mass is 32.1. The minimum absolute atomic E-state index is 0.122. The number of hydrogen-bond acceptors (Lipinski definition) is 4. The van der Waals surface area contributed by atoms with Crippen LogP contribution >= 0.6 is 11.3 Å². The number of rotatable bonds is 6. The van der Waals surface area contributed by atoms with Crippen LogP contribution in [-0.4, -0.2) is 25.1 Å². The Labute approximate surface area is 127 Å². The summed E-state index contributed by atoms with van der Waals surface area (Å²) in [7, 11) is 2.20. The lowest BCUT2D eigenvalue weighted by molar-refractivity contribution is 0.321. The zero-order chi connectivity index (χ0) is 14.8. The van der Waals surface area contributed by atoms with Crippen molar-refractivity contribution in [3.8, 4) is 0 Å². The van der Waals surface area contributed by atoms with Gasteiger partial charge in [0.15, 0.2) is 5.13 Å². The maximum atomic E-state index is 4.95. The van der Waals surface area contributed by atoms with Gasteiger partial charge in [-0.25, -0.2) is 4.98 Å². The second kappa shape index (κ2) is 6.44. The van der Waals surface area contributed by atoms with E-state index >= 15 is 0 Å². The summed E-state index contributed by atoms with van der Waals surface area (Å²) < 4.78 is 0. The normalized spacial score (nSPS) is 16.2. The average Bonchev–Trinajstić information content (AvgIpc) is 2.75. The molecule has 0 aliphatic heterocycles. The van der Waals surface area contributed by atoms with Crippen LogP contribution in [0, 0.1) is 5.92 Å². The van der Waals surface area contributed by atoms with Gasteiger partial charge < -0.3 is 10.2 Å². The Bertz CT molecular complexity index is 429. The van der Waals surface area contributed by atoms with E-state index in [2.05, 4.69) is 45.0 Å². The molecule has 0 saturated heterocycles. The lowest BCUT2D eigenvalue weighted by Gasteiger charge is -2.29. The number of nitrogens with zero attached hydrogens (tertiary/aromatic N) is 2. The fraction of sp³-hybridized carbons (Fsp3) is 0.812. The minimum atomic E-state index is 0.122. The van der Waals surface area contributed by atoms with Gasteiger partial charge in [0.05, 0.1) is 5.69 Å². The van der Waals surface area contributed by atoms with Crippen LogP contribution in [0.1, 0.15) is 57.5 Å². The predicted octanol–water partition coefficient (Wildman–Crippen LogP) is 3.79. The number of nitrogens with one attached hydrogen (secondary N) is 1. The van der Waals surface area contributed by atoms with Crippen molar-refractivity contribution in [3.05, 3.63) is 10.6 Å². The van der Waals surface area contributed by atoms with Crippen LogP contribution in [0.15, 0.2) is 0 Å². The first kappa shape index (κ1) is 15.8. The molecule has 2 rings (SSSR count). The van der Waals surface area contributed by atoms with Crippen LogP contribution in [0.3, 0.4) is 0 Å². The molecule has 0 spiro atoms. The molecule has 0 amide bonds. The molecule has 1 saturated carbocycles. The summed E-state index contributed by atoms with van der Waals surface area (Å²) in [5.41, 5.74) is 1.38. The molecule has 1 aromatic heterocycles. The molecule has 20 heavy (non-hydrogen) atoms. The lowest BCUT2D eigenvalue weighted by Crippen LogP contribution is -2.29. The predicted molar refractivity (Wildman–Crippen MR) is 88.8 cm³/mol. The van der Waals surface area contributed by atoms with Crippen molar-refractivity contribution in [2.75, 3.05) is 25.0 Å². The Balaban J connectivity index is 2.14. The topological polar surface area (TPSA) is 28.2 Å². The summed E-state index contributed by atoms with van der Waals surface area (Å²) in [6.07, 6.45) is 4.20. The first-order valence-electron chi connectivity index (χ1n) is 7.84. The van der Waals surface area contributed by atoms with Gasteiger partial charge in [-0.05, 0) is 25.3 Å². The molecule has 0 atom stereocenters. The van der Waals surface area contributed by atoms with Gasteiger partial charge in [0, 0.05) is 30.4 Å². The maximum Gasteiger partial charge on any atom is 0.185 e. The lowest BCUT2D eigenvalue weighted by atomic mass is 9.85. The summed E-state index contributed by atoms with van der Waals surface area (Å²) in [5.74, 6) is 0.888. The molecule has 1 heterocycles. The largest absolute Gasteiger partial charge is 0.351 e. The van der Waals surface area contributed by atoms with E-state index in [1.165, 1.54) is 35.0 Å². The molecular weight excluding hydrogens is 266 g/mol. The van der Waals surface area contributed by atoms with Gasteiger partial charge in [-0.1, -0.05) is 34.1 Å². The standard InChI is InChI=1S/C16H29N3S/c1-6-17-10-13-14(16(2,3)4)18-15(20-13)19(5)11-12-8-7-9-12/h12,17H,6-11H2,1-5H3.